The van der Waals surface area contributed by atoms with Gasteiger partial charge in [0.25, 0.3) is 0 Å². The molecule has 1 rings (SSSR count). The molecule has 0 spiro atoms. The highest BCUT2D eigenvalue weighted by atomic mass is 35.5. The summed E-state index contributed by atoms with van der Waals surface area (Å²) >= 11 is 6.28. The van der Waals surface area contributed by atoms with Gasteiger partial charge in [0, 0.05) is 18.8 Å². The summed E-state index contributed by atoms with van der Waals surface area (Å²) in [5.41, 5.74) is 0.180. The first-order valence-corrected chi connectivity index (χ1v) is 8.03. The van der Waals surface area contributed by atoms with Crippen LogP contribution < -0.4 is 0 Å². The Morgan fingerprint density at radius 1 is 1.37 bits per heavy atom. The Morgan fingerprint density at radius 3 is 2.63 bits per heavy atom. The minimum Gasteiger partial charge on any atom is -0.250 e. The van der Waals surface area contributed by atoms with Crippen molar-refractivity contribution in [1.82, 2.24) is 14.8 Å². The predicted octanol–water partition coefficient (Wildman–Crippen LogP) is 4.30. The maximum atomic E-state index is 6.28. The molecule has 0 N–H and O–H groups in total. The van der Waals surface area contributed by atoms with Gasteiger partial charge in [0.2, 0.25) is 0 Å². The lowest BCUT2D eigenvalue weighted by Crippen LogP contribution is -2.27. The topological polar surface area (TPSA) is 30.7 Å². The van der Waals surface area contributed by atoms with Crippen LogP contribution in [0.3, 0.4) is 0 Å². The maximum absolute atomic E-state index is 6.28. The van der Waals surface area contributed by atoms with Crippen molar-refractivity contribution in [3.05, 3.63) is 12.2 Å². The summed E-state index contributed by atoms with van der Waals surface area (Å²) in [6.45, 7) is 9.82. The van der Waals surface area contributed by atoms with Crippen molar-refractivity contribution in [3.63, 3.8) is 0 Å². The number of halogens is 1. The summed E-state index contributed by atoms with van der Waals surface area (Å²) in [5.74, 6) is 2.38. The standard InChI is InChI=1S/C15H28ClN3/c1-5-7-8-15(6-2,11-16)9-14-17-12-18-19(14)10-13(3)4/h12-13H,5-11H2,1-4H3. The summed E-state index contributed by atoms with van der Waals surface area (Å²) in [6.07, 6.45) is 7.35. The highest BCUT2D eigenvalue weighted by molar-refractivity contribution is 6.18. The molecular weight excluding hydrogens is 258 g/mol. The van der Waals surface area contributed by atoms with Crippen LogP contribution in [0.25, 0.3) is 0 Å². The Kier molecular flexibility index (Phi) is 6.84. The molecular formula is C15H28ClN3. The predicted molar refractivity (Wildman–Crippen MR) is 81.5 cm³/mol. The molecule has 19 heavy (non-hydrogen) atoms. The number of unbranched alkanes of at least 4 members (excludes halogenated alkanes) is 1. The van der Waals surface area contributed by atoms with Crippen LogP contribution in [0.4, 0.5) is 0 Å². The van der Waals surface area contributed by atoms with Crippen molar-refractivity contribution in [2.75, 3.05) is 5.88 Å². The molecule has 0 aliphatic rings. The molecule has 0 aromatic carbocycles. The van der Waals surface area contributed by atoms with Gasteiger partial charge in [0.05, 0.1) is 0 Å². The first-order chi connectivity index (χ1) is 9.06. The zero-order chi connectivity index (χ0) is 14.3. The van der Waals surface area contributed by atoms with Crippen LogP contribution in [-0.4, -0.2) is 20.6 Å². The van der Waals surface area contributed by atoms with Crippen molar-refractivity contribution in [1.29, 1.82) is 0 Å². The van der Waals surface area contributed by atoms with Gasteiger partial charge in [-0.2, -0.15) is 5.10 Å². The minimum atomic E-state index is 0.180. The highest BCUT2D eigenvalue weighted by Crippen LogP contribution is 2.34. The van der Waals surface area contributed by atoms with Crippen LogP contribution >= 0.6 is 11.6 Å². The van der Waals surface area contributed by atoms with Crippen molar-refractivity contribution in [2.24, 2.45) is 11.3 Å². The highest BCUT2D eigenvalue weighted by Gasteiger charge is 2.29. The van der Waals surface area contributed by atoms with Crippen LogP contribution in [0.15, 0.2) is 6.33 Å². The summed E-state index contributed by atoms with van der Waals surface area (Å²) < 4.78 is 2.05. The third kappa shape index (κ3) is 4.79. The SMILES string of the molecule is CCCCC(CC)(CCl)Cc1ncnn1CC(C)C. The van der Waals surface area contributed by atoms with Gasteiger partial charge < -0.3 is 0 Å². The molecule has 1 atom stereocenters. The van der Waals surface area contributed by atoms with Crippen LogP contribution in [0.5, 0.6) is 0 Å². The third-order valence-electron chi connectivity index (χ3n) is 3.86. The minimum absolute atomic E-state index is 0.180. The number of aromatic nitrogens is 3. The van der Waals surface area contributed by atoms with Crippen LogP contribution in [0, 0.1) is 11.3 Å². The lowest BCUT2D eigenvalue weighted by atomic mass is 9.79. The Hall–Kier alpha value is -0.570. The fourth-order valence-electron chi connectivity index (χ4n) is 2.41. The first kappa shape index (κ1) is 16.5. The third-order valence-corrected chi connectivity index (χ3v) is 4.43. The number of nitrogens with zero attached hydrogens (tertiary/aromatic N) is 3. The fourth-order valence-corrected chi connectivity index (χ4v) is 2.83. The quantitative estimate of drug-likeness (QED) is 0.633. The number of rotatable bonds is 9. The van der Waals surface area contributed by atoms with Crippen LogP contribution in [0.2, 0.25) is 0 Å². The average Bonchev–Trinajstić information content (AvgIpc) is 2.81. The number of hydrogen-bond acceptors (Lipinski definition) is 2. The first-order valence-electron chi connectivity index (χ1n) is 7.49. The van der Waals surface area contributed by atoms with Crippen LogP contribution in [-0.2, 0) is 13.0 Å². The van der Waals surface area contributed by atoms with Crippen molar-refractivity contribution in [3.8, 4) is 0 Å². The van der Waals surface area contributed by atoms with Gasteiger partial charge in [0.1, 0.15) is 12.2 Å². The molecule has 0 aliphatic carbocycles. The molecule has 0 saturated heterocycles. The molecule has 1 heterocycles. The summed E-state index contributed by atoms with van der Waals surface area (Å²) in [7, 11) is 0. The van der Waals surface area contributed by atoms with Gasteiger partial charge in [0.15, 0.2) is 0 Å². The molecule has 4 heteroatoms. The number of hydrogen-bond donors (Lipinski definition) is 0. The van der Waals surface area contributed by atoms with E-state index in [4.69, 9.17) is 11.6 Å². The van der Waals surface area contributed by atoms with Crippen LogP contribution in [0.1, 0.15) is 59.2 Å². The van der Waals surface area contributed by atoms with E-state index in [0.29, 0.717) is 11.8 Å². The smallest absolute Gasteiger partial charge is 0.138 e. The van der Waals surface area contributed by atoms with E-state index >= 15 is 0 Å². The molecule has 0 amide bonds. The molecule has 1 aromatic rings. The molecule has 0 radical (unpaired) electrons. The van der Waals surface area contributed by atoms with E-state index in [0.717, 1.165) is 25.2 Å². The molecule has 0 bridgehead atoms. The van der Waals surface area contributed by atoms with E-state index in [1.165, 1.54) is 19.3 Å². The molecule has 0 aliphatic heterocycles. The van der Waals surface area contributed by atoms with E-state index < -0.39 is 0 Å². The van der Waals surface area contributed by atoms with Crippen molar-refractivity contribution < 1.29 is 0 Å². The largest absolute Gasteiger partial charge is 0.250 e. The summed E-state index contributed by atoms with van der Waals surface area (Å²) in [5, 5.41) is 4.35. The van der Waals surface area contributed by atoms with Gasteiger partial charge in [-0.05, 0) is 24.2 Å². The second kappa shape index (κ2) is 7.88. The normalized spacial score (nSPS) is 14.8. The second-order valence-electron chi connectivity index (χ2n) is 6.02. The monoisotopic (exact) mass is 285 g/mol. The Morgan fingerprint density at radius 2 is 2.11 bits per heavy atom. The zero-order valence-electron chi connectivity index (χ0n) is 12.8. The van der Waals surface area contributed by atoms with Gasteiger partial charge in [-0.1, -0.05) is 40.5 Å². The van der Waals surface area contributed by atoms with Crippen molar-refractivity contribution in [2.45, 2.75) is 66.3 Å². The second-order valence-corrected chi connectivity index (χ2v) is 6.29. The number of alkyl halides is 1. The Labute approximate surface area is 122 Å². The van der Waals surface area contributed by atoms with E-state index in [9.17, 15) is 0 Å². The Balaban J connectivity index is 2.81. The van der Waals surface area contributed by atoms with E-state index in [2.05, 4.69) is 37.8 Å². The lowest BCUT2D eigenvalue weighted by molar-refractivity contribution is 0.266. The van der Waals surface area contributed by atoms with E-state index in [1.54, 1.807) is 6.33 Å². The van der Waals surface area contributed by atoms with Crippen molar-refractivity contribution >= 4 is 11.6 Å². The summed E-state index contributed by atoms with van der Waals surface area (Å²) in [4.78, 5) is 4.45. The van der Waals surface area contributed by atoms with Gasteiger partial charge in [-0.3, -0.25) is 0 Å². The van der Waals surface area contributed by atoms with Gasteiger partial charge in [-0.25, -0.2) is 9.67 Å². The lowest BCUT2D eigenvalue weighted by Gasteiger charge is -2.30. The van der Waals surface area contributed by atoms with Gasteiger partial charge in [-0.15, -0.1) is 11.6 Å². The Bertz CT molecular complexity index is 356. The maximum Gasteiger partial charge on any atom is 0.138 e. The van der Waals surface area contributed by atoms with Gasteiger partial charge >= 0.3 is 0 Å². The van der Waals surface area contributed by atoms with E-state index in [-0.39, 0.29) is 5.41 Å². The molecule has 3 nitrogen and oxygen atoms in total. The fraction of sp³-hybridized carbons (Fsp3) is 0.867. The summed E-state index contributed by atoms with van der Waals surface area (Å²) in [6, 6.07) is 0. The average molecular weight is 286 g/mol. The van der Waals surface area contributed by atoms with E-state index in [1.807, 2.05) is 4.68 Å². The molecule has 1 aromatic heterocycles. The molecule has 1 unspecified atom stereocenters. The molecule has 0 fully saturated rings. The molecule has 0 saturated carbocycles. The molecule has 110 valence electrons. The zero-order valence-corrected chi connectivity index (χ0v) is 13.6.